The van der Waals surface area contributed by atoms with Crippen molar-refractivity contribution < 1.29 is 0 Å². The number of halogens is 3. The first kappa shape index (κ1) is 16.8. The van der Waals surface area contributed by atoms with Gasteiger partial charge in [-0.1, -0.05) is 29.3 Å². The Bertz CT molecular complexity index is 607. The number of aromatic nitrogens is 2. The van der Waals surface area contributed by atoms with Gasteiger partial charge in [-0.2, -0.15) is 5.10 Å². The Hall–Kier alpha value is -0.590. The lowest BCUT2D eigenvalue weighted by Crippen LogP contribution is -2.32. The minimum atomic E-state index is -0.151. The molecule has 7 heteroatoms. The van der Waals surface area contributed by atoms with Gasteiger partial charge in [-0.3, -0.25) is 16.0 Å². The summed E-state index contributed by atoms with van der Waals surface area (Å²) >= 11 is 16.0. The van der Waals surface area contributed by atoms with E-state index in [1.54, 1.807) is 6.20 Å². The third kappa shape index (κ3) is 3.60. The van der Waals surface area contributed by atoms with Gasteiger partial charge in [-0.15, -0.1) is 0 Å². The molecule has 2 rings (SSSR count). The van der Waals surface area contributed by atoms with E-state index in [1.165, 1.54) is 0 Å². The van der Waals surface area contributed by atoms with Gasteiger partial charge in [-0.05, 0) is 53.9 Å². The van der Waals surface area contributed by atoms with Crippen molar-refractivity contribution in [2.45, 2.75) is 32.4 Å². The van der Waals surface area contributed by atoms with Gasteiger partial charge >= 0.3 is 0 Å². The predicted octanol–water partition coefficient (Wildman–Crippen LogP) is 4.28. The molecule has 1 aromatic heterocycles. The lowest BCUT2D eigenvalue weighted by Gasteiger charge is -2.21. The quantitative estimate of drug-likeness (QED) is 0.590. The zero-order valence-corrected chi connectivity index (χ0v) is 14.9. The van der Waals surface area contributed by atoms with Gasteiger partial charge in [0, 0.05) is 16.1 Å². The number of hydrogen-bond donors (Lipinski definition) is 2. The van der Waals surface area contributed by atoms with Crippen molar-refractivity contribution in [3.63, 3.8) is 0 Å². The van der Waals surface area contributed by atoms with E-state index in [0.717, 1.165) is 15.7 Å². The Labute approximate surface area is 142 Å². The molecule has 1 heterocycles. The highest BCUT2D eigenvalue weighted by Crippen LogP contribution is 2.32. The SMILES string of the molecule is CC(C)n1ncc(Br)c1C(Cc1c(Cl)cccc1Cl)NN. The van der Waals surface area contributed by atoms with Crippen molar-refractivity contribution >= 4 is 39.1 Å². The summed E-state index contributed by atoms with van der Waals surface area (Å²) < 4.78 is 2.83. The van der Waals surface area contributed by atoms with Crippen molar-refractivity contribution in [1.29, 1.82) is 0 Å². The minimum Gasteiger partial charge on any atom is -0.271 e. The first-order valence-electron chi connectivity index (χ1n) is 6.57. The Morgan fingerprint density at radius 2 is 1.95 bits per heavy atom. The van der Waals surface area contributed by atoms with Crippen LogP contribution < -0.4 is 11.3 Å². The molecule has 21 heavy (non-hydrogen) atoms. The number of nitrogens with two attached hydrogens (primary N) is 1. The Kier molecular flexibility index (Phi) is 5.68. The maximum Gasteiger partial charge on any atom is 0.0715 e. The van der Waals surface area contributed by atoms with E-state index in [1.807, 2.05) is 22.9 Å². The second-order valence-corrected chi connectivity index (χ2v) is 6.71. The molecule has 0 radical (unpaired) electrons. The fourth-order valence-electron chi connectivity index (χ4n) is 2.25. The number of hydrazine groups is 1. The minimum absolute atomic E-state index is 0.151. The van der Waals surface area contributed by atoms with Crippen molar-refractivity contribution in [1.82, 2.24) is 15.2 Å². The molecule has 0 saturated heterocycles. The number of rotatable bonds is 5. The van der Waals surface area contributed by atoms with Crippen LogP contribution in [-0.4, -0.2) is 9.78 Å². The van der Waals surface area contributed by atoms with Crippen molar-refractivity contribution in [3.05, 3.63) is 50.2 Å². The van der Waals surface area contributed by atoms with Crippen LogP contribution in [0.4, 0.5) is 0 Å². The fraction of sp³-hybridized carbons (Fsp3) is 0.357. The third-order valence-corrected chi connectivity index (χ3v) is 4.60. The van der Waals surface area contributed by atoms with Gasteiger partial charge in [0.25, 0.3) is 0 Å². The molecule has 1 aromatic carbocycles. The molecule has 0 saturated carbocycles. The number of hydrogen-bond acceptors (Lipinski definition) is 3. The predicted molar refractivity (Wildman–Crippen MR) is 90.5 cm³/mol. The monoisotopic (exact) mass is 390 g/mol. The van der Waals surface area contributed by atoms with Gasteiger partial charge in [0.1, 0.15) is 0 Å². The maximum absolute atomic E-state index is 6.25. The molecular weight excluding hydrogens is 375 g/mol. The van der Waals surface area contributed by atoms with Gasteiger partial charge in [0.05, 0.1) is 22.4 Å². The van der Waals surface area contributed by atoms with E-state index < -0.39 is 0 Å². The van der Waals surface area contributed by atoms with Crippen LogP contribution in [0, 0.1) is 0 Å². The lowest BCUT2D eigenvalue weighted by molar-refractivity contribution is 0.446. The molecule has 0 bridgehead atoms. The molecule has 1 unspecified atom stereocenters. The molecule has 4 nitrogen and oxygen atoms in total. The highest BCUT2D eigenvalue weighted by molar-refractivity contribution is 9.10. The largest absolute Gasteiger partial charge is 0.271 e. The average Bonchev–Trinajstić information content (AvgIpc) is 2.81. The van der Waals surface area contributed by atoms with Crippen LogP contribution in [0.25, 0.3) is 0 Å². The Balaban J connectivity index is 2.39. The number of benzene rings is 1. The van der Waals surface area contributed by atoms with Crippen LogP contribution in [0.2, 0.25) is 10.0 Å². The van der Waals surface area contributed by atoms with E-state index in [2.05, 4.69) is 40.3 Å². The average molecular weight is 392 g/mol. The second-order valence-electron chi connectivity index (χ2n) is 5.04. The lowest BCUT2D eigenvalue weighted by atomic mass is 10.0. The molecule has 0 spiro atoms. The van der Waals surface area contributed by atoms with Crippen LogP contribution in [-0.2, 0) is 6.42 Å². The molecule has 0 amide bonds. The summed E-state index contributed by atoms with van der Waals surface area (Å²) in [5.41, 5.74) is 4.68. The van der Waals surface area contributed by atoms with Crippen molar-refractivity contribution in [3.8, 4) is 0 Å². The van der Waals surface area contributed by atoms with Crippen LogP contribution in [0.15, 0.2) is 28.9 Å². The topological polar surface area (TPSA) is 55.9 Å². The number of nitrogens with zero attached hydrogens (tertiary/aromatic N) is 2. The first-order chi connectivity index (χ1) is 9.95. The van der Waals surface area contributed by atoms with Crippen LogP contribution in [0.1, 0.15) is 37.2 Å². The van der Waals surface area contributed by atoms with E-state index in [0.29, 0.717) is 16.5 Å². The van der Waals surface area contributed by atoms with E-state index in [9.17, 15) is 0 Å². The molecule has 3 N–H and O–H groups in total. The summed E-state index contributed by atoms with van der Waals surface area (Å²) in [6.07, 6.45) is 2.35. The van der Waals surface area contributed by atoms with Crippen LogP contribution in [0.5, 0.6) is 0 Å². The van der Waals surface area contributed by atoms with Gasteiger partial charge in [-0.25, -0.2) is 0 Å². The Morgan fingerprint density at radius 1 is 1.33 bits per heavy atom. The van der Waals surface area contributed by atoms with Crippen molar-refractivity contribution in [2.24, 2.45) is 5.84 Å². The third-order valence-electron chi connectivity index (χ3n) is 3.28. The molecule has 0 aliphatic carbocycles. The molecule has 0 fully saturated rings. The molecular formula is C14H17BrCl2N4. The molecule has 0 aliphatic heterocycles. The van der Waals surface area contributed by atoms with E-state index >= 15 is 0 Å². The first-order valence-corrected chi connectivity index (χ1v) is 8.12. The van der Waals surface area contributed by atoms with Gasteiger partial charge < -0.3 is 0 Å². The molecule has 114 valence electrons. The smallest absolute Gasteiger partial charge is 0.0715 e. The summed E-state index contributed by atoms with van der Waals surface area (Å²) in [4.78, 5) is 0. The molecule has 1 atom stereocenters. The van der Waals surface area contributed by atoms with E-state index in [4.69, 9.17) is 29.0 Å². The maximum atomic E-state index is 6.25. The van der Waals surface area contributed by atoms with Crippen LogP contribution in [0.3, 0.4) is 0 Å². The Morgan fingerprint density at radius 3 is 2.48 bits per heavy atom. The summed E-state index contributed by atoms with van der Waals surface area (Å²) in [5.74, 6) is 5.75. The molecule has 0 aliphatic rings. The van der Waals surface area contributed by atoms with Gasteiger partial charge in [0.2, 0.25) is 0 Å². The zero-order valence-electron chi connectivity index (χ0n) is 11.8. The highest BCUT2D eigenvalue weighted by Gasteiger charge is 2.22. The summed E-state index contributed by atoms with van der Waals surface area (Å²) in [6, 6.07) is 5.55. The molecule has 2 aromatic rings. The van der Waals surface area contributed by atoms with E-state index in [-0.39, 0.29) is 12.1 Å². The van der Waals surface area contributed by atoms with Crippen LogP contribution >= 0.6 is 39.1 Å². The fourth-order valence-corrected chi connectivity index (χ4v) is 3.36. The summed E-state index contributed by atoms with van der Waals surface area (Å²) in [6.45, 7) is 4.14. The van der Waals surface area contributed by atoms with Gasteiger partial charge in [0.15, 0.2) is 0 Å². The summed E-state index contributed by atoms with van der Waals surface area (Å²) in [5, 5.41) is 5.65. The second kappa shape index (κ2) is 7.11. The highest BCUT2D eigenvalue weighted by atomic mass is 79.9. The number of nitrogens with one attached hydrogen (secondary N) is 1. The van der Waals surface area contributed by atoms with Crippen molar-refractivity contribution in [2.75, 3.05) is 0 Å². The zero-order chi connectivity index (χ0) is 15.6. The normalized spacial score (nSPS) is 12.9. The standard InChI is InChI=1S/C14H17BrCl2N4/c1-8(2)21-14(10(15)7-19-21)13(20-18)6-9-11(16)4-3-5-12(9)17/h3-5,7-8,13,20H,6,18H2,1-2H3. The summed E-state index contributed by atoms with van der Waals surface area (Å²) in [7, 11) is 0.